The van der Waals surface area contributed by atoms with E-state index in [2.05, 4.69) is 28.5 Å². The lowest BCUT2D eigenvalue weighted by atomic mass is 10.1. The van der Waals surface area contributed by atoms with Gasteiger partial charge in [0.25, 0.3) is 0 Å². The molecule has 0 amide bonds. The summed E-state index contributed by atoms with van der Waals surface area (Å²) in [6.45, 7) is 0. The van der Waals surface area contributed by atoms with Gasteiger partial charge in [0.2, 0.25) is 0 Å². The Balaban J connectivity index is 2.30. The van der Waals surface area contributed by atoms with E-state index in [1.807, 2.05) is 0 Å². The van der Waals surface area contributed by atoms with Crippen LogP contribution in [0.25, 0.3) is 0 Å². The maximum absolute atomic E-state index is 2.99. The van der Waals surface area contributed by atoms with Crippen LogP contribution in [0, 0.1) is 0 Å². The minimum atomic E-state index is 1.15. The second-order valence-electron chi connectivity index (χ2n) is 2.19. The van der Waals surface area contributed by atoms with Gasteiger partial charge in [0.05, 0.1) is 11.4 Å². The number of nitrogens with one attached hydrogen (secondary N) is 3. The maximum atomic E-state index is 2.99. The molecule has 0 unspecified atom stereocenters. The largest absolute Gasteiger partial charge is 0.302 e. The standard InChI is InChI=1S/C6H9N3/c1-2-4-6-5(3-1)7-9-8-6/h3-4,7-9H,1-2H2. The number of hydrazine groups is 2. The molecule has 0 aromatic carbocycles. The van der Waals surface area contributed by atoms with Crippen LogP contribution in [0.4, 0.5) is 0 Å². The Morgan fingerprint density at radius 1 is 1.00 bits per heavy atom. The fourth-order valence-electron chi connectivity index (χ4n) is 1.08. The quantitative estimate of drug-likeness (QED) is 0.429. The fourth-order valence-corrected chi connectivity index (χ4v) is 1.08. The van der Waals surface area contributed by atoms with Crippen molar-refractivity contribution in [1.29, 1.82) is 0 Å². The Morgan fingerprint density at radius 2 is 1.56 bits per heavy atom. The first kappa shape index (κ1) is 4.88. The van der Waals surface area contributed by atoms with Crippen molar-refractivity contribution in [3.05, 3.63) is 23.5 Å². The van der Waals surface area contributed by atoms with Crippen LogP contribution >= 0.6 is 0 Å². The summed E-state index contributed by atoms with van der Waals surface area (Å²) in [7, 11) is 0. The molecule has 1 aliphatic heterocycles. The summed E-state index contributed by atoms with van der Waals surface area (Å²) < 4.78 is 0. The first-order chi connectivity index (χ1) is 4.47. The third kappa shape index (κ3) is 0.695. The predicted octanol–water partition coefficient (Wildman–Crippen LogP) is 0.160. The summed E-state index contributed by atoms with van der Waals surface area (Å²) in [4.78, 5) is 0. The summed E-state index contributed by atoms with van der Waals surface area (Å²) >= 11 is 0. The highest BCUT2D eigenvalue weighted by molar-refractivity contribution is 5.32. The lowest BCUT2D eigenvalue weighted by molar-refractivity contribution is 0.618. The van der Waals surface area contributed by atoms with Gasteiger partial charge in [-0.2, -0.15) is 0 Å². The predicted molar refractivity (Wildman–Crippen MR) is 34.8 cm³/mol. The number of fused-ring (bicyclic) bond motifs is 1. The van der Waals surface area contributed by atoms with Gasteiger partial charge in [-0.05, 0) is 12.8 Å². The van der Waals surface area contributed by atoms with Crippen molar-refractivity contribution in [1.82, 2.24) is 16.4 Å². The summed E-state index contributed by atoms with van der Waals surface area (Å²) in [5.41, 5.74) is 11.2. The number of rotatable bonds is 0. The Morgan fingerprint density at radius 3 is 2.11 bits per heavy atom. The van der Waals surface area contributed by atoms with Gasteiger partial charge >= 0.3 is 0 Å². The number of hydrogen-bond donors (Lipinski definition) is 3. The smallest absolute Gasteiger partial charge is 0.0707 e. The first-order valence-corrected chi connectivity index (χ1v) is 3.14. The SMILES string of the molecule is C1=C2NNNC2=CCC1. The molecular formula is C6H9N3. The van der Waals surface area contributed by atoms with Crippen molar-refractivity contribution in [2.75, 3.05) is 0 Å². The minimum Gasteiger partial charge on any atom is -0.302 e. The lowest BCUT2D eigenvalue weighted by Crippen LogP contribution is -2.29. The Bertz CT molecular complexity index is 161. The van der Waals surface area contributed by atoms with Crippen molar-refractivity contribution in [2.45, 2.75) is 12.8 Å². The molecule has 0 radical (unpaired) electrons. The van der Waals surface area contributed by atoms with E-state index in [0.29, 0.717) is 0 Å². The number of allylic oxidation sites excluding steroid dienone is 2. The summed E-state index contributed by atoms with van der Waals surface area (Å²) in [6.07, 6.45) is 6.66. The monoisotopic (exact) mass is 123 g/mol. The summed E-state index contributed by atoms with van der Waals surface area (Å²) in [5, 5.41) is 0. The molecule has 0 aromatic rings. The molecule has 3 N–H and O–H groups in total. The first-order valence-electron chi connectivity index (χ1n) is 3.14. The number of hydrogen-bond acceptors (Lipinski definition) is 3. The maximum Gasteiger partial charge on any atom is 0.0707 e. The third-order valence-electron chi connectivity index (χ3n) is 1.55. The fraction of sp³-hybridized carbons (Fsp3) is 0.333. The van der Waals surface area contributed by atoms with Crippen LogP contribution < -0.4 is 16.4 Å². The molecular weight excluding hydrogens is 114 g/mol. The second kappa shape index (κ2) is 1.77. The summed E-state index contributed by atoms with van der Waals surface area (Å²) in [6, 6.07) is 0. The molecule has 0 saturated carbocycles. The molecule has 1 heterocycles. The van der Waals surface area contributed by atoms with E-state index >= 15 is 0 Å². The molecule has 9 heavy (non-hydrogen) atoms. The van der Waals surface area contributed by atoms with Gasteiger partial charge in [0, 0.05) is 0 Å². The average molecular weight is 123 g/mol. The molecule has 48 valence electrons. The van der Waals surface area contributed by atoms with E-state index in [-0.39, 0.29) is 0 Å². The highest BCUT2D eigenvalue weighted by Crippen LogP contribution is 2.14. The van der Waals surface area contributed by atoms with E-state index < -0.39 is 0 Å². The van der Waals surface area contributed by atoms with Crippen molar-refractivity contribution >= 4 is 0 Å². The van der Waals surface area contributed by atoms with Gasteiger partial charge in [-0.25, -0.2) is 0 Å². The molecule has 3 heteroatoms. The lowest BCUT2D eigenvalue weighted by Gasteiger charge is -2.03. The molecule has 1 aliphatic carbocycles. The zero-order chi connectivity index (χ0) is 6.10. The topological polar surface area (TPSA) is 36.1 Å². The third-order valence-corrected chi connectivity index (χ3v) is 1.55. The normalized spacial score (nSPS) is 23.1. The Labute approximate surface area is 53.8 Å². The van der Waals surface area contributed by atoms with Crippen molar-refractivity contribution in [2.24, 2.45) is 0 Å². The van der Waals surface area contributed by atoms with E-state index in [0.717, 1.165) is 12.8 Å². The molecule has 2 rings (SSSR count). The van der Waals surface area contributed by atoms with Gasteiger partial charge in [0.15, 0.2) is 0 Å². The van der Waals surface area contributed by atoms with E-state index in [1.165, 1.54) is 11.4 Å². The van der Waals surface area contributed by atoms with Gasteiger partial charge in [-0.1, -0.05) is 12.2 Å². The van der Waals surface area contributed by atoms with Gasteiger partial charge in [-0.3, -0.25) is 0 Å². The van der Waals surface area contributed by atoms with Crippen LogP contribution in [0.3, 0.4) is 0 Å². The Hall–Kier alpha value is -0.960. The molecule has 1 saturated heterocycles. The zero-order valence-electron chi connectivity index (χ0n) is 5.07. The van der Waals surface area contributed by atoms with Crippen molar-refractivity contribution < 1.29 is 0 Å². The van der Waals surface area contributed by atoms with Crippen LogP contribution in [0.2, 0.25) is 0 Å². The van der Waals surface area contributed by atoms with Crippen molar-refractivity contribution in [3.8, 4) is 0 Å². The van der Waals surface area contributed by atoms with Gasteiger partial charge < -0.3 is 10.9 Å². The molecule has 0 spiro atoms. The van der Waals surface area contributed by atoms with Gasteiger partial charge in [-0.15, -0.1) is 5.53 Å². The van der Waals surface area contributed by atoms with Crippen molar-refractivity contribution in [3.63, 3.8) is 0 Å². The van der Waals surface area contributed by atoms with E-state index in [9.17, 15) is 0 Å². The van der Waals surface area contributed by atoms with Crippen LogP contribution in [0.5, 0.6) is 0 Å². The van der Waals surface area contributed by atoms with Crippen LogP contribution in [0.15, 0.2) is 23.5 Å². The molecule has 0 atom stereocenters. The molecule has 1 fully saturated rings. The van der Waals surface area contributed by atoms with Crippen LogP contribution in [-0.2, 0) is 0 Å². The van der Waals surface area contributed by atoms with Gasteiger partial charge in [0.1, 0.15) is 0 Å². The highest BCUT2D eigenvalue weighted by atomic mass is 15.6. The highest BCUT2D eigenvalue weighted by Gasteiger charge is 2.12. The molecule has 0 aromatic heterocycles. The summed E-state index contributed by atoms with van der Waals surface area (Å²) in [5.74, 6) is 0. The van der Waals surface area contributed by atoms with Crippen LogP contribution in [0.1, 0.15) is 12.8 Å². The molecule has 3 nitrogen and oxygen atoms in total. The van der Waals surface area contributed by atoms with E-state index in [4.69, 9.17) is 0 Å². The van der Waals surface area contributed by atoms with Crippen LogP contribution in [-0.4, -0.2) is 0 Å². The minimum absolute atomic E-state index is 1.15. The molecule has 2 aliphatic rings. The van der Waals surface area contributed by atoms with E-state index in [1.54, 1.807) is 0 Å². The Kier molecular flexibility index (Phi) is 0.960. The second-order valence-corrected chi connectivity index (χ2v) is 2.19. The molecule has 0 bridgehead atoms. The average Bonchev–Trinajstić information content (AvgIpc) is 2.33. The zero-order valence-corrected chi connectivity index (χ0v) is 5.07.